The van der Waals surface area contributed by atoms with Gasteiger partial charge >= 0.3 is 0 Å². The Morgan fingerprint density at radius 2 is 1.10 bits per heavy atom. The number of hydrogen-bond donors (Lipinski definition) is 1. The van der Waals surface area contributed by atoms with Crippen LogP contribution >= 0.6 is 0 Å². The Hall–Kier alpha value is -6.84. The summed E-state index contributed by atoms with van der Waals surface area (Å²) in [4.78, 5) is 10.2. The predicted molar refractivity (Wildman–Crippen MR) is 218 cm³/mol. The zero-order valence-corrected chi connectivity index (χ0v) is 28.2. The number of aliphatic imine (C=N–C) groups is 1. The molecule has 0 radical (unpaired) electrons. The smallest absolute Gasteiger partial charge is 0.134 e. The number of amidine groups is 1. The van der Waals surface area contributed by atoms with Gasteiger partial charge in [-0.15, -0.1) is 0 Å². The normalized spacial score (nSPS) is 14.2. The van der Waals surface area contributed by atoms with E-state index < -0.39 is 0 Å². The Morgan fingerprint density at radius 1 is 0.442 bits per heavy atom. The molecule has 1 N–H and O–H groups in total. The third-order valence-corrected chi connectivity index (χ3v) is 10.9. The highest BCUT2D eigenvalue weighted by Crippen LogP contribution is 2.44. The van der Waals surface area contributed by atoms with Gasteiger partial charge in [-0.1, -0.05) is 133 Å². The lowest BCUT2D eigenvalue weighted by atomic mass is 9.86. The number of hydrogen-bond acceptors (Lipinski definition) is 3. The first kappa shape index (κ1) is 28.9. The van der Waals surface area contributed by atoms with Gasteiger partial charge in [0.2, 0.25) is 0 Å². The lowest BCUT2D eigenvalue weighted by Crippen LogP contribution is -2.33. The molecule has 52 heavy (non-hydrogen) atoms. The van der Waals surface area contributed by atoms with E-state index in [9.17, 15) is 0 Å². The molecular formula is C49H31N3. The molecule has 3 heteroatoms. The van der Waals surface area contributed by atoms with Crippen molar-refractivity contribution in [2.24, 2.45) is 4.99 Å². The number of nitrogens with one attached hydrogen (secondary N) is 1. The molecule has 0 aliphatic carbocycles. The summed E-state index contributed by atoms with van der Waals surface area (Å²) in [7, 11) is 0. The molecule has 9 aromatic carbocycles. The molecule has 1 aromatic heterocycles. The van der Waals surface area contributed by atoms with Crippen LogP contribution in [0.4, 0.5) is 5.69 Å². The van der Waals surface area contributed by atoms with E-state index in [4.69, 9.17) is 9.98 Å². The van der Waals surface area contributed by atoms with Crippen LogP contribution in [-0.4, -0.2) is 10.8 Å². The number of pyridine rings is 1. The minimum Gasteiger partial charge on any atom is -0.359 e. The summed E-state index contributed by atoms with van der Waals surface area (Å²) >= 11 is 0. The molecule has 1 unspecified atom stereocenters. The molecule has 0 bridgehead atoms. The molecule has 0 spiro atoms. The van der Waals surface area contributed by atoms with Crippen molar-refractivity contribution >= 4 is 65.4 Å². The van der Waals surface area contributed by atoms with Crippen molar-refractivity contribution in [3.05, 3.63) is 193 Å². The summed E-state index contributed by atoms with van der Waals surface area (Å²) in [5, 5.41) is 16.7. The standard InChI is InChI=1S/C49H31N3/c1-2-12-32(13-3-1)48-47-37-16-5-4-11-30(37)22-25-44(47)51-49(52-48)35-28-33(27-34(29-35)43-21-6-7-26-50-43)36-23-24-42-40-18-9-15-31-14-8-17-39(45(31)40)41-20-10-19-38(36)46(41)42/h1-29,48H,(H,51,52). The van der Waals surface area contributed by atoms with Crippen molar-refractivity contribution in [2.75, 3.05) is 0 Å². The second-order valence-corrected chi connectivity index (χ2v) is 13.8. The molecule has 1 aliphatic heterocycles. The Labute approximate surface area is 300 Å². The molecular weight excluding hydrogens is 631 g/mol. The Kier molecular flexibility index (Phi) is 6.31. The largest absolute Gasteiger partial charge is 0.359 e. The summed E-state index contributed by atoms with van der Waals surface area (Å²) in [5.41, 5.74) is 8.71. The number of aromatic nitrogens is 1. The van der Waals surface area contributed by atoms with Crippen LogP contribution in [0.1, 0.15) is 22.7 Å². The zero-order valence-electron chi connectivity index (χ0n) is 28.2. The van der Waals surface area contributed by atoms with E-state index in [1.54, 1.807) is 0 Å². The van der Waals surface area contributed by atoms with Crippen LogP contribution in [0.3, 0.4) is 0 Å². The highest BCUT2D eigenvalue weighted by molar-refractivity contribution is 6.34. The lowest BCUT2D eigenvalue weighted by Gasteiger charge is -2.29. The van der Waals surface area contributed by atoms with Gasteiger partial charge in [0.15, 0.2) is 0 Å². The summed E-state index contributed by atoms with van der Waals surface area (Å²) in [6.45, 7) is 0. The summed E-state index contributed by atoms with van der Waals surface area (Å²) in [5.74, 6) is 0.846. The first-order valence-corrected chi connectivity index (χ1v) is 17.9. The monoisotopic (exact) mass is 661 g/mol. The van der Waals surface area contributed by atoms with E-state index in [1.165, 1.54) is 70.6 Å². The van der Waals surface area contributed by atoms with Gasteiger partial charge in [-0.25, -0.2) is 4.99 Å². The Balaban J connectivity index is 1.16. The Bertz CT molecular complexity index is 2990. The van der Waals surface area contributed by atoms with Crippen LogP contribution in [-0.2, 0) is 0 Å². The fraction of sp³-hybridized carbons (Fsp3) is 0.0204. The van der Waals surface area contributed by atoms with Crippen molar-refractivity contribution < 1.29 is 0 Å². The molecule has 1 aliphatic rings. The Morgan fingerprint density at radius 3 is 1.92 bits per heavy atom. The van der Waals surface area contributed by atoms with Crippen LogP contribution in [0.25, 0.3) is 76.2 Å². The van der Waals surface area contributed by atoms with E-state index in [0.29, 0.717) is 0 Å². The molecule has 11 rings (SSSR count). The maximum Gasteiger partial charge on any atom is 0.134 e. The van der Waals surface area contributed by atoms with Gasteiger partial charge in [0, 0.05) is 22.9 Å². The van der Waals surface area contributed by atoms with E-state index in [2.05, 4.69) is 169 Å². The molecule has 242 valence electrons. The minimum absolute atomic E-state index is 0.0694. The molecule has 0 fully saturated rings. The SMILES string of the molecule is c1ccc(C2NC(c3cc(-c4ccccn4)cc(-c4ccc5c6cccc7cccc(c8cccc4c85)c76)c3)=Nc3ccc4ccccc4c32)cc1. The molecule has 2 heterocycles. The summed E-state index contributed by atoms with van der Waals surface area (Å²) < 4.78 is 0. The molecule has 0 saturated carbocycles. The van der Waals surface area contributed by atoms with E-state index in [-0.39, 0.29) is 6.04 Å². The molecule has 3 nitrogen and oxygen atoms in total. The van der Waals surface area contributed by atoms with Gasteiger partial charge in [-0.3, -0.25) is 4.98 Å². The van der Waals surface area contributed by atoms with E-state index >= 15 is 0 Å². The second-order valence-electron chi connectivity index (χ2n) is 13.8. The zero-order chi connectivity index (χ0) is 34.2. The van der Waals surface area contributed by atoms with Gasteiger partial charge < -0.3 is 5.32 Å². The maximum atomic E-state index is 5.36. The average molecular weight is 662 g/mol. The molecule has 10 aromatic rings. The third kappa shape index (κ3) is 4.39. The van der Waals surface area contributed by atoms with Crippen molar-refractivity contribution in [3.63, 3.8) is 0 Å². The molecule has 0 amide bonds. The van der Waals surface area contributed by atoms with Crippen molar-refractivity contribution in [3.8, 4) is 22.4 Å². The third-order valence-electron chi connectivity index (χ3n) is 10.9. The van der Waals surface area contributed by atoms with Crippen LogP contribution < -0.4 is 5.32 Å². The summed E-state index contributed by atoms with van der Waals surface area (Å²) in [6, 6.07) is 61.3. The van der Waals surface area contributed by atoms with E-state index in [0.717, 1.165) is 33.9 Å². The summed E-state index contributed by atoms with van der Waals surface area (Å²) in [6.07, 6.45) is 1.87. The number of nitrogens with zero attached hydrogens (tertiary/aromatic N) is 2. The van der Waals surface area contributed by atoms with Crippen LogP contribution in [0, 0.1) is 0 Å². The lowest BCUT2D eigenvalue weighted by molar-refractivity contribution is 0.756. The van der Waals surface area contributed by atoms with Gasteiger partial charge in [0.25, 0.3) is 0 Å². The van der Waals surface area contributed by atoms with Crippen LogP contribution in [0.2, 0.25) is 0 Å². The van der Waals surface area contributed by atoms with Gasteiger partial charge in [-0.2, -0.15) is 0 Å². The molecule has 1 atom stereocenters. The fourth-order valence-corrected chi connectivity index (χ4v) is 8.59. The van der Waals surface area contributed by atoms with E-state index in [1.807, 2.05) is 12.3 Å². The van der Waals surface area contributed by atoms with Gasteiger partial charge in [0.05, 0.1) is 17.4 Å². The van der Waals surface area contributed by atoms with Gasteiger partial charge in [-0.05, 0) is 107 Å². The highest BCUT2D eigenvalue weighted by Gasteiger charge is 2.27. The van der Waals surface area contributed by atoms with Crippen LogP contribution in [0.15, 0.2) is 181 Å². The van der Waals surface area contributed by atoms with Crippen molar-refractivity contribution in [1.82, 2.24) is 10.3 Å². The predicted octanol–water partition coefficient (Wildman–Crippen LogP) is 12.4. The quantitative estimate of drug-likeness (QED) is 0.151. The van der Waals surface area contributed by atoms with Crippen LogP contribution in [0.5, 0.6) is 0 Å². The first-order valence-electron chi connectivity index (χ1n) is 17.9. The second kappa shape index (κ2) is 11.3. The highest BCUT2D eigenvalue weighted by atomic mass is 15.1. The minimum atomic E-state index is -0.0694. The van der Waals surface area contributed by atoms with Crippen molar-refractivity contribution in [2.45, 2.75) is 6.04 Å². The number of benzene rings is 9. The molecule has 0 saturated heterocycles. The van der Waals surface area contributed by atoms with Gasteiger partial charge in [0.1, 0.15) is 5.84 Å². The fourth-order valence-electron chi connectivity index (χ4n) is 8.59. The number of rotatable bonds is 4. The average Bonchev–Trinajstić information content (AvgIpc) is 3.22. The number of fused-ring (bicyclic) bond motifs is 5. The maximum absolute atomic E-state index is 5.36. The first-order chi connectivity index (χ1) is 25.8. The topological polar surface area (TPSA) is 37.3 Å². The van der Waals surface area contributed by atoms with Crippen molar-refractivity contribution in [1.29, 1.82) is 0 Å².